The van der Waals surface area contributed by atoms with Crippen molar-refractivity contribution in [2.75, 3.05) is 19.7 Å². The van der Waals surface area contributed by atoms with Gasteiger partial charge in [-0.2, -0.15) is 0 Å². The molecule has 4 heteroatoms. The maximum Gasteiger partial charge on any atom is 0.307 e. The number of rotatable bonds is 11. The Balaban J connectivity index is 4.15. The average Bonchev–Trinajstić information content (AvgIpc) is 2.40. The van der Waals surface area contributed by atoms with E-state index in [0.717, 1.165) is 38.6 Å². The fourth-order valence-electron chi connectivity index (χ4n) is 1.86. The van der Waals surface area contributed by atoms with Crippen molar-refractivity contribution in [1.29, 1.82) is 0 Å². The first kappa shape index (κ1) is 17.9. The Kier molecular flexibility index (Phi) is 11.3. The van der Waals surface area contributed by atoms with Crippen LogP contribution in [0.4, 0.5) is 0 Å². The third-order valence-electron chi connectivity index (χ3n) is 3.02. The Labute approximate surface area is 117 Å². The monoisotopic (exact) mass is 271 g/mol. The number of carbonyl (C=O) groups is 2. The fraction of sp³-hybridized carbons (Fsp3) is 0.867. The lowest BCUT2D eigenvalue weighted by Crippen LogP contribution is -2.34. The second kappa shape index (κ2) is 12.0. The second-order valence-electron chi connectivity index (χ2n) is 4.75. The molecule has 0 aliphatic heterocycles. The van der Waals surface area contributed by atoms with E-state index < -0.39 is 0 Å². The lowest BCUT2D eigenvalue weighted by atomic mass is 10.2. The Hall–Kier alpha value is -1.06. The lowest BCUT2D eigenvalue weighted by molar-refractivity contribution is -0.144. The standard InChI is InChI=1S/C15H29NO3/c1-4-7-9-12-16(14(17)10-8-5-2)13-11-15(18)19-6-3/h4-13H2,1-3H3. The minimum Gasteiger partial charge on any atom is -0.466 e. The van der Waals surface area contributed by atoms with Crippen molar-refractivity contribution in [3.8, 4) is 0 Å². The minimum absolute atomic E-state index is 0.169. The predicted molar refractivity (Wildman–Crippen MR) is 76.9 cm³/mol. The third-order valence-corrected chi connectivity index (χ3v) is 3.02. The number of ether oxygens (including phenoxy) is 1. The van der Waals surface area contributed by atoms with Crippen molar-refractivity contribution >= 4 is 11.9 Å². The van der Waals surface area contributed by atoms with Crippen molar-refractivity contribution < 1.29 is 14.3 Å². The number of carbonyl (C=O) groups excluding carboxylic acids is 2. The van der Waals surface area contributed by atoms with E-state index in [9.17, 15) is 9.59 Å². The number of hydrogen-bond acceptors (Lipinski definition) is 3. The van der Waals surface area contributed by atoms with E-state index in [-0.39, 0.29) is 11.9 Å². The van der Waals surface area contributed by atoms with Gasteiger partial charge in [-0.05, 0) is 19.8 Å². The average molecular weight is 271 g/mol. The molecule has 112 valence electrons. The van der Waals surface area contributed by atoms with E-state index >= 15 is 0 Å². The molecule has 0 aliphatic rings. The Morgan fingerprint density at radius 1 is 0.895 bits per heavy atom. The molecule has 0 saturated heterocycles. The minimum atomic E-state index is -0.216. The van der Waals surface area contributed by atoms with Crippen molar-refractivity contribution in [3.63, 3.8) is 0 Å². The molecule has 0 N–H and O–H groups in total. The molecule has 1 amide bonds. The summed E-state index contributed by atoms with van der Waals surface area (Å²) in [7, 11) is 0. The smallest absolute Gasteiger partial charge is 0.307 e. The molecule has 0 bridgehead atoms. The van der Waals surface area contributed by atoms with Crippen LogP contribution < -0.4 is 0 Å². The molecule has 4 nitrogen and oxygen atoms in total. The van der Waals surface area contributed by atoms with Crippen LogP contribution in [0.1, 0.15) is 65.7 Å². The van der Waals surface area contributed by atoms with Gasteiger partial charge in [0.05, 0.1) is 13.0 Å². The van der Waals surface area contributed by atoms with Gasteiger partial charge in [-0.25, -0.2) is 0 Å². The predicted octanol–water partition coefficient (Wildman–Crippen LogP) is 3.15. The molecular weight excluding hydrogens is 242 g/mol. The number of nitrogens with zero attached hydrogens (tertiary/aromatic N) is 1. The summed E-state index contributed by atoms with van der Waals surface area (Å²) in [6.45, 7) is 7.66. The van der Waals surface area contributed by atoms with Gasteiger partial charge < -0.3 is 9.64 Å². The van der Waals surface area contributed by atoms with Crippen LogP contribution in [0.2, 0.25) is 0 Å². The van der Waals surface area contributed by atoms with Crippen LogP contribution in [-0.2, 0) is 14.3 Å². The summed E-state index contributed by atoms with van der Waals surface area (Å²) < 4.78 is 4.90. The summed E-state index contributed by atoms with van der Waals surface area (Å²) in [6, 6.07) is 0. The molecule has 0 atom stereocenters. The number of hydrogen-bond donors (Lipinski definition) is 0. The third kappa shape index (κ3) is 9.51. The van der Waals surface area contributed by atoms with Crippen molar-refractivity contribution in [2.45, 2.75) is 65.7 Å². The van der Waals surface area contributed by atoms with Crippen LogP contribution in [0, 0.1) is 0 Å². The first-order valence-electron chi connectivity index (χ1n) is 7.59. The SMILES string of the molecule is CCCCCN(CCC(=O)OCC)C(=O)CCCC. The van der Waals surface area contributed by atoms with Crippen molar-refractivity contribution in [1.82, 2.24) is 4.90 Å². The molecule has 0 aromatic rings. The van der Waals surface area contributed by atoms with E-state index in [2.05, 4.69) is 13.8 Å². The topological polar surface area (TPSA) is 46.6 Å². The molecule has 0 spiro atoms. The molecule has 0 heterocycles. The van der Waals surface area contributed by atoms with E-state index in [4.69, 9.17) is 4.74 Å². The van der Waals surface area contributed by atoms with Gasteiger partial charge in [-0.1, -0.05) is 33.1 Å². The normalized spacial score (nSPS) is 10.3. The molecule has 0 aromatic heterocycles. The van der Waals surface area contributed by atoms with Gasteiger partial charge in [-0.3, -0.25) is 9.59 Å². The summed E-state index contributed by atoms with van der Waals surface area (Å²) in [5.41, 5.74) is 0. The Morgan fingerprint density at radius 3 is 2.16 bits per heavy atom. The first-order valence-corrected chi connectivity index (χ1v) is 7.59. The van der Waals surface area contributed by atoms with E-state index in [1.807, 2.05) is 4.90 Å². The number of unbranched alkanes of at least 4 members (excludes halogenated alkanes) is 3. The second-order valence-corrected chi connectivity index (χ2v) is 4.75. The van der Waals surface area contributed by atoms with Gasteiger partial charge in [0.25, 0.3) is 0 Å². The molecule has 19 heavy (non-hydrogen) atoms. The zero-order valence-corrected chi connectivity index (χ0v) is 12.7. The van der Waals surface area contributed by atoms with E-state index in [1.54, 1.807) is 6.92 Å². The summed E-state index contributed by atoms with van der Waals surface area (Å²) in [5.74, 6) is -0.0477. The number of amides is 1. The summed E-state index contributed by atoms with van der Waals surface area (Å²) in [5, 5.41) is 0. The molecule has 0 unspecified atom stereocenters. The van der Waals surface area contributed by atoms with Crippen molar-refractivity contribution in [3.05, 3.63) is 0 Å². The molecular formula is C15H29NO3. The van der Waals surface area contributed by atoms with Gasteiger partial charge in [-0.15, -0.1) is 0 Å². The zero-order chi connectivity index (χ0) is 14.5. The Morgan fingerprint density at radius 2 is 1.58 bits per heavy atom. The summed E-state index contributed by atoms with van der Waals surface area (Å²) >= 11 is 0. The maximum absolute atomic E-state index is 12.0. The van der Waals surface area contributed by atoms with Crippen molar-refractivity contribution in [2.24, 2.45) is 0 Å². The van der Waals surface area contributed by atoms with Gasteiger partial charge in [0.1, 0.15) is 0 Å². The first-order chi connectivity index (χ1) is 9.15. The summed E-state index contributed by atoms with van der Waals surface area (Å²) in [4.78, 5) is 25.2. The molecule has 0 rings (SSSR count). The molecule has 0 aromatic carbocycles. The fourth-order valence-corrected chi connectivity index (χ4v) is 1.86. The number of esters is 1. The molecule has 0 radical (unpaired) electrons. The quantitative estimate of drug-likeness (QED) is 0.428. The highest BCUT2D eigenvalue weighted by molar-refractivity contribution is 5.77. The highest BCUT2D eigenvalue weighted by Crippen LogP contribution is 2.05. The molecule has 0 fully saturated rings. The van der Waals surface area contributed by atoms with Gasteiger partial charge in [0.15, 0.2) is 0 Å². The Bertz CT molecular complexity index is 254. The summed E-state index contributed by atoms with van der Waals surface area (Å²) in [6.07, 6.45) is 6.10. The van der Waals surface area contributed by atoms with E-state index in [1.165, 1.54) is 0 Å². The van der Waals surface area contributed by atoms with Crippen LogP contribution in [0.5, 0.6) is 0 Å². The largest absolute Gasteiger partial charge is 0.466 e. The maximum atomic E-state index is 12.0. The van der Waals surface area contributed by atoms with Gasteiger partial charge >= 0.3 is 5.97 Å². The van der Waals surface area contributed by atoms with Crippen LogP contribution in [-0.4, -0.2) is 36.5 Å². The van der Waals surface area contributed by atoms with Crippen LogP contribution in [0.25, 0.3) is 0 Å². The van der Waals surface area contributed by atoms with Gasteiger partial charge in [0, 0.05) is 19.5 Å². The van der Waals surface area contributed by atoms with E-state index in [0.29, 0.717) is 26.0 Å². The zero-order valence-electron chi connectivity index (χ0n) is 12.7. The highest BCUT2D eigenvalue weighted by Gasteiger charge is 2.14. The molecule has 0 aliphatic carbocycles. The van der Waals surface area contributed by atoms with Crippen LogP contribution in [0.15, 0.2) is 0 Å². The lowest BCUT2D eigenvalue weighted by Gasteiger charge is -2.22. The van der Waals surface area contributed by atoms with Gasteiger partial charge in [0.2, 0.25) is 5.91 Å². The van der Waals surface area contributed by atoms with Crippen LogP contribution >= 0.6 is 0 Å². The molecule has 0 saturated carbocycles. The highest BCUT2D eigenvalue weighted by atomic mass is 16.5. The van der Waals surface area contributed by atoms with Crippen LogP contribution in [0.3, 0.4) is 0 Å².